The van der Waals surface area contributed by atoms with Crippen LogP contribution in [0.1, 0.15) is 30.0 Å². The van der Waals surface area contributed by atoms with Gasteiger partial charge in [0.15, 0.2) is 0 Å². The van der Waals surface area contributed by atoms with Crippen molar-refractivity contribution >= 4 is 27.5 Å². The lowest BCUT2D eigenvalue weighted by Crippen LogP contribution is -2.21. The van der Waals surface area contributed by atoms with Crippen molar-refractivity contribution in [1.82, 2.24) is 5.32 Å². The number of methoxy groups -OCH3 is 1. The highest BCUT2D eigenvalue weighted by molar-refractivity contribution is 9.10. The first-order chi connectivity index (χ1) is 9.65. The Hall–Kier alpha value is -0.810. The van der Waals surface area contributed by atoms with Crippen molar-refractivity contribution in [3.63, 3.8) is 0 Å². The Morgan fingerprint density at radius 3 is 2.85 bits per heavy atom. The van der Waals surface area contributed by atoms with E-state index in [9.17, 15) is 0 Å². The van der Waals surface area contributed by atoms with E-state index in [-0.39, 0.29) is 6.04 Å². The van der Waals surface area contributed by atoms with Crippen LogP contribution in [0.4, 0.5) is 0 Å². The molecule has 1 heterocycles. The van der Waals surface area contributed by atoms with Gasteiger partial charge in [-0.3, -0.25) is 0 Å². The van der Waals surface area contributed by atoms with Crippen molar-refractivity contribution in [2.24, 2.45) is 0 Å². The van der Waals surface area contributed by atoms with Gasteiger partial charge in [0.25, 0.3) is 0 Å². The van der Waals surface area contributed by atoms with Crippen LogP contribution in [0.3, 0.4) is 0 Å². The van der Waals surface area contributed by atoms with Crippen LogP contribution >= 0.6 is 27.5 Å². The lowest BCUT2D eigenvalue weighted by atomic mass is 10.0. The molecule has 0 fully saturated rings. The molecule has 2 aromatic rings. The normalized spacial score (nSPS) is 12.6. The summed E-state index contributed by atoms with van der Waals surface area (Å²) in [5.41, 5.74) is 0.987. The smallest absolute Gasteiger partial charge is 0.129 e. The Balaban J connectivity index is 2.36. The van der Waals surface area contributed by atoms with E-state index in [1.54, 1.807) is 7.11 Å². The predicted molar refractivity (Wildman–Crippen MR) is 84.1 cm³/mol. The summed E-state index contributed by atoms with van der Waals surface area (Å²) < 4.78 is 11.9. The van der Waals surface area contributed by atoms with Crippen molar-refractivity contribution in [2.75, 3.05) is 13.7 Å². The van der Waals surface area contributed by atoms with Crippen LogP contribution in [0.5, 0.6) is 0 Å². The lowest BCUT2D eigenvalue weighted by molar-refractivity contribution is 0.162. The molecule has 1 unspecified atom stereocenters. The van der Waals surface area contributed by atoms with Crippen molar-refractivity contribution < 1.29 is 9.15 Å². The van der Waals surface area contributed by atoms with Gasteiger partial charge in [-0.05, 0) is 42.4 Å². The molecule has 5 heteroatoms. The molecule has 0 aliphatic rings. The Morgan fingerprint density at radius 1 is 1.35 bits per heavy atom. The molecular weight excluding hydrogens is 342 g/mol. The van der Waals surface area contributed by atoms with E-state index in [4.69, 9.17) is 20.8 Å². The molecule has 1 aromatic carbocycles. The predicted octanol–water partition coefficient (Wildman–Crippen LogP) is 4.54. The van der Waals surface area contributed by atoms with Crippen molar-refractivity contribution in [3.05, 3.63) is 56.9 Å². The lowest BCUT2D eigenvalue weighted by Gasteiger charge is -2.18. The van der Waals surface area contributed by atoms with E-state index < -0.39 is 0 Å². The van der Waals surface area contributed by atoms with Gasteiger partial charge in [0.05, 0.1) is 6.04 Å². The SMILES string of the molecule is CCNC(c1ccc(COC)o1)c1cc(Br)ccc1Cl. The fourth-order valence-electron chi connectivity index (χ4n) is 2.07. The number of furan rings is 1. The molecule has 0 aliphatic carbocycles. The van der Waals surface area contributed by atoms with E-state index in [1.165, 1.54) is 0 Å². The number of benzene rings is 1. The first-order valence-corrected chi connectivity index (χ1v) is 7.58. The fraction of sp³-hybridized carbons (Fsp3) is 0.333. The molecule has 20 heavy (non-hydrogen) atoms. The van der Waals surface area contributed by atoms with Gasteiger partial charge in [-0.25, -0.2) is 0 Å². The summed E-state index contributed by atoms with van der Waals surface area (Å²) >= 11 is 9.80. The van der Waals surface area contributed by atoms with Gasteiger partial charge in [0, 0.05) is 16.6 Å². The van der Waals surface area contributed by atoms with Crippen molar-refractivity contribution in [1.29, 1.82) is 0 Å². The summed E-state index contributed by atoms with van der Waals surface area (Å²) in [6, 6.07) is 9.62. The van der Waals surface area contributed by atoms with Crippen LogP contribution in [0.15, 0.2) is 39.2 Å². The number of halogens is 2. The van der Waals surface area contributed by atoms with Crippen molar-refractivity contribution in [2.45, 2.75) is 19.6 Å². The number of hydrogen-bond acceptors (Lipinski definition) is 3. The maximum Gasteiger partial charge on any atom is 0.129 e. The molecule has 0 amide bonds. The Kier molecular flexibility index (Phi) is 5.66. The molecule has 0 saturated carbocycles. The molecule has 0 bridgehead atoms. The summed E-state index contributed by atoms with van der Waals surface area (Å²) in [6.45, 7) is 3.33. The minimum atomic E-state index is -0.0735. The van der Waals surface area contributed by atoms with Gasteiger partial charge in [-0.2, -0.15) is 0 Å². The Morgan fingerprint density at radius 2 is 2.15 bits per heavy atom. The summed E-state index contributed by atoms with van der Waals surface area (Å²) in [5.74, 6) is 1.63. The van der Waals surface area contributed by atoms with Gasteiger partial charge in [-0.15, -0.1) is 0 Å². The van der Waals surface area contributed by atoms with Gasteiger partial charge in [0.2, 0.25) is 0 Å². The second kappa shape index (κ2) is 7.27. The highest BCUT2D eigenvalue weighted by atomic mass is 79.9. The standard InChI is InChI=1S/C15H17BrClNO2/c1-3-18-15(12-8-10(16)4-6-13(12)17)14-7-5-11(20-14)9-19-2/h4-8,15,18H,3,9H2,1-2H3. The van der Waals surface area contributed by atoms with Gasteiger partial charge in [-0.1, -0.05) is 34.5 Å². The minimum Gasteiger partial charge on any atom is -0.462 e. The topological polar surface area (TPSA) is 34.4 Å². The Bertz CT molecular complexity index is 571. The van der Waals surface area contributed by atoms with Crippen LogP contribution in [0.2, 0.25) is 5.02 Å². The number of rotatable bonds is 6. The highest BCUT2D eigenvalue weighted by Crippen LogP contribution is 2.31. The minimum absolute atomic E-state index is 0.0735. The van der Waals surface area contributed by atoms with E-state index in [0.29, 0.717) is 11.6 Å². The third-order valence-corrected chi connectivity index (χ3v) is 3.77. The molecule has 3 nitrogen and oxygen atoms in total. The van der Waals surface area contributed by atoms with Gasteiger partial charge >= 0.3 is 0 Å². The molecule has 1 N–H and O–H groups in total. The number of hydrogen-bond donors (Lipinski definition) is 1. The molecule has 0 aliphatic heterocycles. The monoisotopic (exact) mass is 357 g/mol. The van der Waals surface area contributed by atoms with Crippen LogP contribution in [0.25, 0.3) is 0 Å². The maximum absolute atomic E-state index is 6.32. The molecule has 0 spiro atoms. The second-order valence-electron chi connectivity index (χ2n) is 4.39. The first-order valence-electron chi connectivity index (χ1n) is 6.41. The zero-order valence-corrected chi connectivity index (χ0v) is 13.8. The molecule has 1 atom stereocenters. The van der Waals surface area contributed by atoms with Crippen LogP contribution in [-0.2, 0) is 11.3 Å². The van der Waals surface area contributed by atoms with Crippen LogP contribution in [0, 0.1) is 0 Å². The molecule has 108 valence electrons. The average molecular weight is 359 g/mol. The average Bonchev–Trinajstić information content (AvgIpc) is 2.88. The zero-order valence-electron chi connectivity index (χ0n) is 11.5. The molecule has 0 saturated heterocycles. The Labute approximate surface area is 132 Å². The molecular formula is C15H17BrClNO2. The van der Waals surface area contributed by atoms with Gasteiger partial charge in [0.1, 0.15) is 18.1 Å². The quantitative estimate of drug-likeness (QED) is 0.823. The zero-order chi connectivity index (χ0) is 14.5. The molecule has 0 radical (unpaired) electrons. The summed E-state index contributed by atoms with van der Waals surface area (Å²) in [4.78, 5) is 0. The van der Waals surface area contributed by atoms with Crippen LogP contribution < -0.4 is 5.32 Å². The van der Waals surface area contributed by atoms with E-state index in [0.717, 1.165) is 28.1 Å². The van der Waals surface area contributed by atoms with Crippen LogP contribution in [-0.4, -0.2) is 13.7 Å². The summed E-state index contributed by atoms with van der Waals surface area (Å²) in [7, 11) is 1.65. The number of ether oxygens (including phenoxy) is 1. The number of nitrogens with one attached hydrogen (secondary N) is 1. The summed E-state index contributed by atoms with van der Waals surface area (Å²) in [5, 5.41) is 4.11. The largest absolute Gasteiger partial charge is 0.462 e. The second-order valence-corrected chi connectivity index (χ2v) is 5.72. The van der Waals surface area contributed by atoms with Gasteiger partial charge < -0.3 is 14.5 Å². The maximum atomic E-state index is 6.32. The van der Waals surface area contributed by atoms with E-state index >= 15 is 0 Å². The third-order valence-electron chi connectivity index (χ3n) is 2.93. The molecule has 1 aromatic heterocycles. The fourth-order valence-corrected chi connectivity index (χ4v) is 2.68. The van der Waals surface area contributed by atoms with Crippen molar-refractivity contribution in [3.8, 4) is 0 Å². The molecule has 2 rings (SSSR count). The third kappa shape index (κ3) is 3.64. The van der Waals surface area contributed by atoms with E-state index in [1.807, 2.05) is 30.3 Å². The first kappa shape index (κ1) is 15.6. The summed E-state index contributed by atoms with van der Waals surface area (Å²) in [6.07, 6.45) is 0. The van der Waals surface area contributed by atoms with E-state index in [2.05, 4.69) is 28.2 Å². The highest BCUT2D eigenvalue weighted by Gasteiger charge is 2.20.